The van der Waals surface area contributed by atoms with Gasteiger partial charge in [0.1, 0.15) is 6.20 Å². The van der Waals surface area contributed by atoms with Gasteiger partial charge in [0.15, 0.2) is 0 Å². The van der Waals surface area contributed by atoms with Gasteiger partial charge in [0.25, 0.3) is 11.7 Å². The lowest BCUT2D eigenvalue weighted by molar-refractivity contribution is 0.702. The van der Waals surface area contributed by atoms with Gasteiger partial charge in [0.05, 0.1) is 12.6 Å². The molecule has 1 aromatic carbocycles. The van der Waals surface area contributed by atoms with Crippen LogP contribution in [0.15, 0.2) is 41.6 Å². The largest absolute Gasteiger partial charge is 0.303 e. The molecule has 2 heterocycles. The van der Waals surface area contributed by atoms with Gasteiger partial charge in [-0.25, -0.2) is 5.43 Å². The van der Waals surface area contributed by atoms with Crippen LogP contribution in [0, 0.1) is 0 Å². The standard InChI is InChI=1S/C11H10N6S/c1-17(9-7-12-16-13-9)10(14-15-11(17)18)8-5-3-2-4-6-8/h2-7H,1H3,(H-,12,13,15,16,18)/p+1. The summed E-state index contributed by atoms with van der Waals surface area (Å²) in [5, 5.41) is 15.5. The van der Waals surface area contributed by atoms with Crippen molar-refractivity contribution >= 4 is 29.0 Å². The third kappa shape index (κ3) is 1.45. The Hall–Kier alpha value is -2.12. The number of quaternary nitrogens is 1. The summed E-state index contributed by atoms with van der Waals surface area (Å²) in [6, 6.07) is 9.87. The molecule has 6 nitrogen and oxygen atoms in total. The minimum absolute atomic E-state index is 0.218. The van der Waals surface area contributed by atoms with E-state index in [0.717, 1.165) is 11.4 Å². The molecule has 2 aromatic rings. The SMILES string of the molecule is C[N+]1(c2cn[nH]n2)C(=S)NN=C1c1ccccc1. The van der Waals surface area contributed by atoms with Gasteiger partial charge in [-0.05, 0) is 12.1 Å². The summed E-state index contributed by atoms with van der Waals surface area (Å²) >= 11 is 5.34. The molecule has 0 amide bonds. The van der Waals surface area contributed by atoms with E-state index in [9.17, 15) is 0 Å². The van der Waals surface area contributed by atoms with E-state index < -0.39 is 0 Å². The van der Waals surface area contributed by atoms with Gasteiger partial charge in [0, 0.05) is 12.2 Å². The quantitative estimate of drug-likeness (QED) is 0.623. The van der Waals surface area contributed by atoms with Crippen molar-refractivity contribution < 1.29 is 0 Å². The fourth-order valence-electron chi connectivity index (χ4n) is 1.93. The molecule has 90 valence electrons. The van der Waals surface area contributed by atoms with Crippen molar-refractivity contribution in [3.63, 3.8) is 0 Å². The van der Waals surface area contributed by atoms with Crippen LogP contribution >= 0.6 is 12.2 Å². The number of H-pyrrole nitrogens is 1. The minimum atomic E-state index is 0.218. The number of hydrazone groups is 1. The molecule has 3 rings (SSSR count). The number of thiocarbonyl (C=S) groups is 1. The van der Waals surface area contributed by atoms with Crippen molar-refractivity contribution in [1.29, 1.82) is 0 Å². The highest BCUT2D eigenvalue weighted by Gasteiger charge is 2.45. The first kappa shape index (κ1) is 11.0. The zero-order chi connectivity index (χ0) is 12.6. The first-order valence-electron chi connectivity index (χ1n) is 5.40. The highest BCUT2D eigenvalue weighted by molar-refractivity contribution is 7.80. The topological polar surface area (TPSA) is 66.0 Å². The van der Waals surface area contributed by atoms with E-state index in [2.05, 4.69) is 25.9 Å². The Morgan fingerprint density at radius 2 is 2.00 bits per heavy atom. The van der Waals surface area contributed by atoms with Crippen LogP contribution in [0.4, 0.5) is 5.82 Å². The van der Waals surface area contributed by atoms with Gasteiger partial charge in [0.2, 0.25) is 0 Å². The molecular weight excluding hydrogens is 248 g/mol. The van der Waals surface area contributed by atoms with Crippen molar-refractivity contribution in [2.24, 2.45) is 5.10 Å². The highest BCUT2D eigenvalue weighted by Crippen LogP contribution is 2.24. The third-order valence-corrected chi connectivity index (χ3v) is 3.44. The lowest BCUT2D eigenvalue weighted by Gasteiger charge is -2.23. The van der Waals surface area contributed by atoms with Gasteiger partial charge in [-0.15, -0.1) is 5.10 Å². The van der Waals surface area contributed by atoms with E-state index in [4.69, 9.17) is 12.2 Å². The van der Waals surface area contributed by atoms with E-state index in [0.29, 0.717) is 10.9 Å². The molecule has 0 spiro atoms. The van der Waals surface area contributed by atoms with Gasteiger partial charge in [-0.3, -0.25) is 0 Å². The normalized spacial score (nSPS) is 22.7. The van der Waals surface area contributed by atoms with Crippen LogP contribution < -0.4 is 9.91 Å². The van der Waals surface area contributed by atoms with Crippen LogP contribution in [0.25, 0.3) is 0 Å². The molecule has 0 aliphatic carbocycles. The van der Waals surface area contributed by atoms with Crippen LogP contribution in [0.3, 0.4) is 0 Å². The number of benzene rings is 1. The summed E-state index contributed by atoms with van der Waals surface area (Å²) in [7, 11) is 1.94. The second-order valence-corrected chi connectivity index (χ2v) is 4.44. The summed E-state index contributed by atoms with van der Waals surface area (Å²) in [5.41, 5.74) is 3.85. The van der Waals surface area contributed by atoms with Crippen LogP contribution in [-0.4, -0.2) is 33.4 Å². The molecule has 18 heavy (non-hydrogen) atoms. The minimum Gasteiger partial charge on any atom is -0.216 e. The Balaban J connectivity index is 2.13. The van der Waals surface area contributed by atoms with Crippen LogP contribution in [0.1, 0.15) is 5.56 Å². The zero-order valence-electron chi connectivity index (χ0n) is 9.66. The molecule has 0 radical (unpaired) electrons. The van der Waals surface area contributed by atoms with Crippen LogP contribution in [-0.2, 0) is 0 Å². The maximum Gasteiger partial charge on any atom is 0.303 e. The van der Waals surface area contributed by atoms with Gasteiger partial charge in [-0.2, -0.15) is 14.8 Å². The molecule has 1 aliphatic rings. The molecule has 2 N–H and O–H groups in total. The number of nitrogens with zero attached hydrogens (tertiary/aromatic N) is 4. The summed E-state index contributed by atoms with van der Waals surface area (Å²) in [5.74, 6) is 1.50. The van der Waals surface area contributed by atoms with E-state index in [1.807, 2.05) is 37.4 Å². The molecule has 0 bridgehead atoms. The second-order valence-electron chi connectivity index (χ2n) is 4.05. The Labute approximate surface area is 109 Å². The first-order chi connectivity index (χ1) is 8.73. The van der Waals surface area contributed by atoms with Crippen molar-refractivity contribution in [2.75, 3.05) is 7.05 Å². The zero-order valence-corrected chi connectivity index (χ0v) is 10.5. The second kappa shape index (κ2) is 3.97. The molecular formula is C11H11N6S+. The molecule has 0 saturated heterocycles. The summed E-state index contributed by atoms with van der Waals surface area (Å²) in [6.07, 6.45) is 1.65. The summed E-state index contributed by atoms with van der Waals surface area (Å²) in [4.78, 5) is 0. The van der Waals surface area contributed by atoms with Crippen molar-refractivity contribution in [3.8, 4) is 0 Å². The average molecular weight is 259 g/mol. The Bertz CT molecular complexity index is 606. The molecule has 1 aromatic heterocycles. The van der Waals surface area contributed by atoms with E-state index in [-0.39, 0.29) is 4.48 Å². The molecule has 7 heteroatoms. The third-order valence-electron chi connectivity index (χ3n) is 2.98. The van der Waals surface area contributed by atoms with Crippen molar-refractivity contribution in [2.45, 2.75) is 0 Å². The number of aromatic amines is 1. The average Bonchev–Trinajstić information content (AvgIpc) is 3.01. The molecule has 1 unspecified atom stereocenters. The Morgan fingerprint density at radius 1 is 1.22 bits per heavy atom. The summed E-state index contributed by atoms with van der Waals surface area (Å²) < 4.78 is 0.218. The Kier molecular flexibility index (Phi) is 2.42. The smallest absolute Gasteiger partial charge is 0.216 e. The molecule has 1 atom stereocenters. The first-order valence-corrected chi connectivity index (χ1v) is 5.81. The number of hydrogen-bond acceptors (Lipinski definition) is 4. The predicted octanol–water partition coefficient (Wildman–Crippen LogP) is 0.992. The lowest BCUT2D eigenvalue weighted by atomic mass is 10.2. The number of amidine groups is 1. The fourth-order valence-corrected chi connectivity index (χ4v) is 2.16. The van der Waals surface area contributed by atoms with Crippen LogP contribution in [0.5, 0.6) is 0 Å². The number of nitrogens with one attached hydrogen (secondary N) is 2. The van der Waals surface area contributed by atoms with Crippen molar-refractivity contribution in [3.05, 3.63) is 42.1 Å². The molecule has 0 fully saturated rings. The summed E-state index contributed by atoms with van der Waals surface area (Å²) in [6.45, 7) is 0. The van der Waals surface area contributed by atoms with Crippen LogP contribution in [0.2, 0.25) is 0 Å². The maximum absolute atomic E-state index is 5.34. The van der Waals surface area contributed by atoms with Gasteiger partial charge in [-0.1, -0.05) is 23.3 Å². The number of rotatable bonds is 2. The maximum atomic E-state index is 5.34. The number of hydrogen-bond donors (Lipinski definition) is 2. The van der Waals surface area contributed by atoms with E-state index >= 15 is 0 Å². The van der Waals surface area contributed by atoms with E-state index in [1.165, 1.54) is 0 Å². The lowest BCUT2D eigenvalue weighted by Crippen LogP contribution is -2.53. The van der Waals surface area contributed by atoms with Gasteiger partial charge >= 0.3 is 5.11 Å². The van der Waals surface area contributed by atoms with Gasteiger partial charge < -0.3 is 0 Å². The Morgan fingerprint density at radius 3 is 2.67 bits per heavy atom. The molecule has 1 aliphatic heterocycles. The highest BCUT2D eigenvalue weighted by atomic mass is 32.1. The fraction of sp³-hybridized carbons (Fsp3) is 0.0909. The molecule has 0 saturated carbocycles. The monoisotopic (exact) mass is 259 g/mol. The van der Waals surface area contributed by atoms with E-state index in [1.54, 1.807) is 6.20 Å². The van der Waals surface area contributed by atoms with Crippen molar-refractivity contribution in [1.82, 2.24) is 25.3 Å². The number of aromatic nitrogens is 3. The predicted molar refractivity (Wildman–Crippen MR) is 72.8 cm³/mol.